The number of rotatable bonds is 4. The standard InChI is InChI=1S/C12H15BrN4O3S/c1-6-7(2)15-16-12(6)17-21(18,19)11-5-9(14)8(13)4-10(11)20-3/h4-5H,14H2,1-3H3,(H2,15,16,17). The molecule has 0 amide bonds. The van der Waals surface area contributed by atoms with E-state index in [9.17, 15) is 8.42 Å². The van der Waals surface area contributed by atoms with Crippen LogP contribution in [0, 0.1) is 13.8 Å². The van der Waals surface area contributed by atoms with Crippen LogP contribution in [-0.2, 0) is 10.0 Å². The van der Waals surface area contributed by atoms with Crippen LogP contribution in [0.5, 0.6) is 5.75 Å². The molecule has 0 radical (unpaired) electrons. The zero-order valence-electron chi connectivity index (χ0n) is 11.7. The minimum absolute atomic E-state index is 0.0502. The van der Waals surface area contributed by atoms with Gasteiger partial charge < -0.3 is 10.5 Å². The quantitative estimate of drug-likeness (QED) is 0.710. The number of nitrogen functional groups attached to an aromatic ring is 1. The maximum Gasteiger partial charge on any atom is 0.266 e. The van der Waals surface area contributed by atoms with E-state index in [0.29, 0.717) is 10.2 Å². The fourth-order valence-corrected chi connectivity index (χ4v) is 3.26. The van der Waals surface area contributed by atoms with Gasteiger partial charge in [-0.15, -0.1) is 0 Å². The van der Waals surface area contributed by atoms with E-state index in [-0.39, 0.29) is 16.5 Å². The lowest BCUT2D eigenvalue weighted by molar-refractivity contribution is 0.402. The number of methoxy groups -OCH3 is 1. The Kier molecular flexibility index (Phi) is 4.15. The first-order valence-corrected chi connectivity index (χ1v) is 8.21. The van der Waals surface area contributed by atoms with E-state index < -0.39 is 10.0 Å². The molecule has 114 valence electrons. The molecule has 0 aliphatic heterocycles. The SMILES string of the molecule is COc1cc(Br)c(N)cc1S(=O)(=O)Nc1n[nH]c(C)c1C. The highest BCUT2D eigenvalue weighted by Gasteiger charge is 2.23. The summed E-state index contributed by atoms with van der Waals surface area (Å²) in [4.78, 5) is -0.0502. The van der Waals surface area contributed by atoms with Crippen LogP contribution in [0.25, 0.3) is 0 Å². The molecular formula is C12H15BrN4O3S. The Bertz CT molecular complexity index is 786. The molecular weight excluding hydrogens is 360 g/mol. The molecule has 0 spiro atoms. The molecule has 7 nitrogen and oxygen atoms in total. The van der Waals surface area contributed by atoms with Crippen LogP contribution < -0.4 is 15.2 Å². The van der Waals surface area contributed by atoms with Gasteiger partial charge >= 0.3 is 0 Å². The van der Waals surface area contributed by atoms with Crippen molar-refractivity contribution in [2.45, 2.75) is 18.7 Å². The van der Waals surface area contributed by atoms with Crippen molar-refractivity contribution >= 4 is 37.5 Å². The zero-order valence-corrected chi connectivity index (χ0v) is 14.1. The van der Waals surface area contributed by atoms with E-state index in [0.717, 1.165) is 11.3 Å². The lowest BCUT2D eigenvalue weighted by Crippen LogP contribution is -2.15. The Hall–Kier alpha value is -1.74. The Morgan fingerprint density at radius 2 is 2.05 bits per heavy atom. The molecule has 1 aromatic heterocycles. The number of nitrogens with one attached hydrogen (secondary N) is 2. The molecule has 21 heavy (non-hydrogen) atoms. The first kappa shape index (κ1) is 15.6. The van der Waals surface area contributed by atoms with Gasteiger partial charge in [-0.2, -0.15) is 5.10 Å². The molecule has 1 heterocycles. The summed E-state index contributed by atoms with van der Waals surface area (Å²) in [7, 11) is -2.47. The van der Waals surface area contributed by atoms with E-state index in [1.165, 1.54) is 19.2 Å². The lowest BCUT2D eigenvalue weighted by atomic mass is 10.3. The zero-order chi connectivity index (χ0) is 15.8. The smallest absolute Gasteiger partial charge is 0.266 e. The van der Waals surface area contributed by atoms with Crippen LogP contribution in [0.15, 0.2) is 21.5 Å². The van der Waals surface area contributed by atoms with Crippen LogP contribution in [0.1, 0.15) is 11.3 Å². The minimum Gasteiger partial charge on any atom is -0.495 e. The van der Waals surface area contributed by atoms with E-state index in [4.69, 9.17) is 10.5 Å². The highest BCUT2D eigenvalue weighted by Crippen LogP contribution is 2.33. The summed E-state index contributed by atoms with van der Waals surface area (Å²) in [6, 6.07) is 2.84. The average molecular weight is 375 g/mol. The van der Waals surface area contributed by atoms with Gasteiger partial charge in [-0.1, -0.05) is 0 Å². The highest BCUT2D eigenvalue weighted by atomic mass is 79.9. The number of halogens is 1. The van der Waals surface area contributed by atoms with E-state index in [2.05, 4.69) is 30.8 Å². The first-order chi connectivity index (χ1) is 9.76. The van der Waals surface area contributed by atoms with E-state index >= 15 is 0 Å². The summed E-state index contributed by atoms with van der Waals surface area (Å²) >= 11 is 3.23. The molecule has 2 rings (SSSR count). The molecule has 0 aliphatic rings. The first-order valence-electron chi connectivity index (χ1n) is 5.93. The van der Waals surface area contributed by atoms with Crippen LogP contribution in [0.4, 0.5) is 11.5 Å². The van der Waals surface area contributed by atoms with Gasteiger partial charge in [-0.25, -0.2) is 8.42 Å². The summed E-state index contributed by atoms with van der Waals surface area (Å²) in [5, 5.41) is 6.64. The maximum atomic E-state index is 12.5. The fourth-order valence-electron chi connectivity index (χ4n) is 1.69. The monoisotopic (exact) mass is 374 g/mol. The topological polar surface area (TPSA) is 110 Å². The molecule has 0 saturated heterocycles. The predicted octanol–water partition coefficient (Wildman–Crippen LogP) is 2.18. The molecule has 0 fully saturated rings. The number of H-pyrrole nitrogens is 1. The Morgan fingerprint density at radius 1 is 1.38 bits per heavy atom. The highest BCUT2D eigenvalue weighted by molar-refractivity contribution is 9.10. The molecule has 0 aliphatic carbocycles. The summed E-state index contributed by atoms with van der Waals surface area (Å²) < 4.78 is 33.1. The van der Waals surface area contributed by atoms with E-state index in [1.54, 1.807) is 13.8 Å². The van der Waals surface area contributed by atoms with Crippen molar-refractivity contribution in [3.8, 4) is 5.75 Å². The maximum absolute atomic E-state index is 12.5. The van der Waals surface area contributed by atoms with Gasteiger partial charge in [-0.3, -0.25) is 9.82 Å². The van der Waals surface area contributed by atoms with Gasteiger partial charge in [0.1, 0.15) is 10.6 Å². The number of anilines is 2. The lowest BCUT2D eigenvalue weighted by Gasteiger charge is -2.12. The van der Waals surface area contributed by atoms with Crippen LogP contribution in [-0.4, -0.2) is 25.7 Å². The van der Waals surface area contributed by atoms with Gasteiger partial charge in [0.05, 0.1) is 7.11 Å². The molecule has 0 atom stereocenters. The normalized spacial score (nSPS) is 11.4. The number of aryl methyl sites for hydroxylation is 1. The van der Waals surface area contributed by atoms with Crippen LogP contribution >= 0.6 is 15.9 Å². The summed E-state index contributed by atoms with van der Waals surface area (Å²) in [6.45, 7) is 3.57. The number of benzene rings is 1. The average Bonchev–Trinajstić information content (AvgIpc) is 2.72. The van der Waals surface area contributed by atoms with Crippen molar-refractivity contribution in [2.24, 2.45) is 0 Å². The Labute approximate surface area is 131 Å². The van der Waals surface area contributed by atoms with Crippen molar-refractivity contribution < 1.29 is 13.2 Å². The van der Waals surface area contributed by atoms with Crippen LogP contribution in [0.2, 0.25) is 0 Å². The van der Waals surface area contributed by atoms with E-state index in [1.807, 2.05) is 0 Å². The van der Waals surface area contributed by atoms with Crippen molar-refractivity contribution in [2.75, 3.05) is 17.6 Å². The van der Waals surface area contributed by atoms with Crippen molar-refractivity contribution in [1.29, 1.82) is 0 Å². The van der Waals surface area contributed by atoms with Crippen LogP contribution in [0.3, 0.4) is 0 Å². The molecule has 0 unspecified atom stereocenters. The summed E-state index contributed by atoms with van der Waals surface area (Å²) in [6.07, 6.45) is 0. The van der Waals surface area contributed by atoms with Gasteiger partial charge in [0, 0.05) is 21.4 Å². The third kappa shape index (κ3) is 2.98. The molecule has 0 bridgehead atoms. The second kappa shape index (κ2) is 5.57. The minimum atomic E-state index is -3.86. The number of ether oxygens (including phenoxy) is 1. The molecule has 4 N–H and O–H groups in total. The van der Waals surface area contributed by atoms with Gasteiger partial charge in [0.2, 0.25) is 0 Å². The second-order valence-corrected chi connectivity index (χ2v) is 6.96. The third-order valence-electron chi connectivity index (χ3n) is 3.06. The molecule has 1 aromatic carbocycles. The fraction of sp³-hybridized carbons (Fsp3) is 0.250. The van der Waals surface area contributed by atoms with Gasteiger partial charge in [0.25, 0.3) is 10.0 Å². The number of sulfonamides is 1. The van der Waals surface area contributed by atoms with Gasteiger partial charge in [0.15, 0.2) is 5.82 Å². The predicted molar refractivity (Wildman–Crippen MR) is 84.0 cm³/mol. The van der Waals surface area contributed by atoms with Crippen molar-refractivity contribution in [1.82, 2.24) is 10.2 Å². The second-order valence-electron chi connectivity index (χ2n) is 4.45. The van der Waals surface area contributed by atoms with Gasteiger partial charge in [-0.05, 0) is 41.9 Å². The number of hydrogen-bond donors (Lipinski definition) is 3. The molecule has 0 saturated carbocycles. The number of aromatic nitrogens is 2. The number of nitrogens with two attached hydrogens (primary N) is 1. The Morgan fingerprint density at radius 3 is 2.57 bits per heavy atom. The van der Waals surface area contributed by atoms with Crippen molar-refractivity contribution in [3.05, 3.63) is 27.9 Å². The Balaban J connectivity index is 2.49. The summed E-state index contributed by atoms with van der Waals surface area (Å²) in [5.74, 6) is 0.435. The molecule has 9 heteroatoms. The largest absolute Gasteiger partial charge is 0.495 e. The number of aromatic amines is 1. The summed E-state index contributed by atoms with van der Waals surface area (Å²) in [5.41, 5.74) is 7.56. The molecule has 2 aromatic rings. The number of nitrogens with zero attached hydrogens (tertiary/aromatic N) is 1. The number of hydrogen-bond acceptors (Lipinski definition) is 5. The third-order valence-corrected chi connectivity index (χ3v) is 5.10. The van der Waals surface area contributed by atoms with Crippen molar-refractivity contribution in [3.63, 3.8) is 0 Å².